The molecule has 0 aliphatic carbocycles. The fraction of sp³-hybridized carbons (Fsp3) is 0.318. The maximum Gasteiger partial charge on any atom is 0.251 e. The minimum absolute atomic E-state index is 0.0864. The zero-order valence-corrected chi connectivity index (χ0v) is 16.5. The number of hydrogen-bond acceptors (Lipinski definition) is 6. The summed E-state index contributed by atoms with van der Waals surface area (Å²) in [5, 5.41) is 8.33. The topological polar surface area (TPSA) is 79.4 Å². The van der Waals surface area contributed by atoms with Crippen molar-refractivity contribution >= 4 is 28.4 Å². The van der Waals surface area contributed by atoms with E-state index in [-0.39, 0.29) is 5.91 Å². The Bertz CT molecular complexity index is 1000. The van der Waals surface area contributed by atoms with Crippen LogP contribution in [-0.2, 0) is 4.74 Å². The van der Waals surface area contributed by atoms with E-state index in [1.165, 1.54) is 0 Å². The number of benzene rings is 2. The third-order valence-corrected chi connectivity index (χ3v) is 4.88. The van der Waals surface area contributed by atoms with Crippen molar-refractivity contribution in [3.63, 3.8) is 0 Å². The lowest BCUT2D eigenvalue weighted by molar-refractivity contribution is 0.0955. The van der Waals surface area contributed by atoms with Crippen LogP contribution in [0, 0.1) is 6.92 Å². The molecule has 0 saturated carbocycles. The second-order valence-corrected chi connectivity index (χ2v) is 7.04. The highest BCUT2D eigenvalue weighted by Crippen LogP contribution is 2.17. The molecular weight excluding hydrogens is 366 g/mol. The second-order valence-electron chi connectivity index (χ2n) is 7.04. The van der Waals surface area contributed by atoms with Gasteiger partial charge in [0.1, 0.15) is 5.82 Å². The highest BCUT2D eigenvalue weighted by atomic mass is 16.5. The minimum Gasteiger partial charge on any atom is -0.378 e. The van der Waals surface area contributed by atoms with Gasteiger partial charge in [0, 0.05) is 43.5 Å². The Morgan fingerprint density at radius 2 is 1.83 bits per heavy atom. The zero-order valence-electron chi connectivity index (χ0n) is 16.5. The molecule has 29 heavy (non-hydrogen) atoms. The quantitative estimate of drug-likeness (QED) is 0.629. The minimum atomic E-state index is -0.0864. The normalized spacial score (nSPS) is 14.0. The molecule has 1 saturated heterocycles. The van der Waals surface area contributed by atoms with Crippen LogP contribution in [-0.4, -0.2) is 55.3 Å². The van der Waals surface area contributed by atoms with Gasteiger partial charge in [-0.25, -0.2) is 4.98 Å². The van der Waals surface area contributed by atoms with Crippen LogP contribution in [0.3, 0.4) is 0 Å². The van der Waals surface area contributed by atoms with E-state index in [0.29, 0.717) is 37.8 Å². The number of amides is 1. The van der Waals surface area contributed by atoms with E-state index in [1.54, 1.807) is 0 Å². The molecule has 0 spiro atoms. The van der Waals surface area contributed by atoms with Gasteiger partial charge in [-0.2, -0.15) is 4.98 Å². The molecule has 150 valence electrons. The van der Waals surface area contributed by atoms with Gasteiger partial charge < -0.3 is 20.3 Å². The number of nitrogens with zero attached hydrogens (tertiary/aromatic N) is 3. The molecule has 1 aromatic heterocycles. The predicted molar refractivity (Wildman–Crippen MR) is 115 cm³/mol. The number of hydrogen-bond donors (Lipinski definition) is 2. The van der Waals surface area contributed by atoms with Crippen LogP contribution < -0.4 is 15.5 Å². The monoisotopic (exact) mass is 391 g/mol. The van der Waals surface area contributed by atoms with Crippen LogP contribution in [0.5, 0.6) is 0 Å². The number of fused-ring (bicyclic) bond motifs is 1. The SMILES string of the molecule is Cc1cc(N2CCOCC2)nc(NCCNC(=O)c2ccc3ccccc3c2)n1. The Morgan fingerprint density at radius 1 is 1.03 bits per heavy atom. The summed E-state index contributed by atoms with van der Waals surface area (Å²) < 4.78 is 5.40. The third-order valence-electron chi connectivity index (χ3n) is 4.88. The van der Waals surface area contributed by atoms with Crippen molar-refractivity contribution in [2.24, 2.45) is 0 Å². The number of carbonyl (C=O) groups is 1. The lowest BCUT2D eigenvalue weighted by Crippen LogP contribution is -2.37. The Balaban J connectivity index is 1.31. The molecule has 2 heterocycles. The van der Waals surface area contributed by atoms with E-state index in [9.17, 15) is 4.79 Å². The first-order chi connectivity index (χ1) is 14.2. The van der Waals surface area contributed by atoms with Crippen LogP contribution in [0.15, 0.2) is 48.5 Å². The average molecular weight is 391 g/mol. The molecule has 1 aliphatic heterocycles. The fourth-order valence-corrected chi connectivity index (χ4v) is 3.37. The summed E-state index contributed by atoms with van der Waals surface area (Å²) in [6, 6.07) is 15.7. The Kier molecular flexibility index (Phi) is 5.86. The number of nitrogens with one attached hydrogen (secondary N) is 2. The summed E-state index contributed by atoms with van der Waals surface area (Å²) in [7, 11) is 0. The maximum atomic E-state index is 12.4. The molecule has 3 aromatic rings. The fourth-order valence-electron chi connectivity index (χ4n) is 3.37. The Labute approximate surface area is 170 Å². The molecule has 0 atom stereocenters. The molecule has 2 N–H and O–H groups in total. The van der Waals surface area contributed by atoms with E-state index in [2.05, 4.69) is 25.5 Å². The molecular formula is C22H25N5O2. The Morgan fingerprint density at radius 3 is 2.66 bits per heavy atom. The molecule has 0 bridgehead atoms. The van der Waals surface area contributed by atoms with Crippen molar-refractivity contribution in [2.45, 2.75) is 6.92 Å². The first kappa shape index (κ1) is 19.1. The van der Waals surface area contributed by atoms with Crippen molar-refractivity contribution in [2.75, 3.05) is 49.6 Å². The van der Waals surface area contributed by atoms with Gasteiger partial charge in [0.2, 0.25) is 5.95 Å². The molecule has 0 unspecified atom stereocenters. The summed E-state index contributed by atoms with van der Waals surface area (Å²) in [5.41, 5.74) is 1.56. The van der Waals surface area contributed by atoms with E-state index in [0.717, 1.165) is 35.4 Å². The van der Waals surface area contributed by atoms with E-state index >= 15 is 0 Å². The van der Waals surface area contributed by atoms with Crippen molar-refractivity contribution in [3.8, 4) is 0 Å². The van der Waals surface area contributed by atoms with Crippen LogP contribution in [0.2, 0.25) is 0 Å². The summed E-state index contributed by atoms with van der Waals surface area (Å²) in [5.74, 6) is 1.40. The standard InChI is InChI=1S/C22H25N5O2/c1-16-14-20(27-10-12-29-13-11-27)26-22(25-16)24-9-8-23-21(28)19-7-6-17-4-2-3-5-18(17)15-19/h2-7,14-15H,8-13H2,1H3,(H,23,28)(H,24,25,26). The van der Waals surface area contributed by atoms with Crippen molar-refractivity contribution in [1.82, 2.24) is 15.3 Å². The molecule has 7 heteroatoms. The van der Waals surface area contributed by atoms with Gasteiger partial charge in [-0.1, -0.05) is 30.3 Å². The number of rotatable bonds is 6. The number of morpholine rings is 1. The zero-order chi connectivity index (χ0) is 20.1. The molecule has 2 aromatic carbocycles. The molecule has 1 fully saturated rings. The van der Waals surface area contributed by atoms with Gasteiger partial charge >= 0.3 is 0 Å². The Hall–Kier alpha value is -3.19. The molecule has 1 aliphatic rings. The van der Waals surface area contributed by atoms with Gasteiger partial charge in [-0.15, -0.1) is 0 Å². The van der Waals surface area contributed by atoms with Crippen molar-refractivity contribution in [3.05, 3.63) is 59.8 Å². The summed E-state index contributed by atoms with van der Waals surface area (Å²) in [6.45, 7) is 6.08. The van der Waals surface area contributed by atoms with Gasteiger partial charge in [0.05, 0.1) is 13.2 Å². The van der Waals surface area contributed by atoms with Crippen LogP contribution in [0.4, 0.5) is 11.8 Å². The largest absolute Gasteiger partial charge is 0.378 e. The highest BCUT2D eigenvalue weighted by Gasteiger charge is 2.14. The van der Waals surface area contributed by atoms with E-state index in [1.807, 2.05) is 55.5 Å². The number of anilines is 2. The summed E-state index contributed by atoms with van der Waals surface area (Å²) in [6.07, 6.45) is 0. The first-order valence-electron chi connectivity index (χ1n) is 9.88. The van der Waals surface area contributed by atoms with E-state index < -0.39 is 0 Å². The van der Waals surface area contributed by atoms with Crippen LogP contribution >= 0.6 is 0 Å². The summed E-state index contributed by atoms with van der Waals surface area (Å²) in [4.78, 5) is 23.7. The lowest BCUT2D eigenvalue weighted by atomic mass is 10.1. The van der Waals surface area contributed by atoms with Gasteiger partial charge in [-0.3, -0.25) is 4.79 Å². The number of aromatic nitrogens is 2. The molecule has 7 nitrogen and oxygen atoms in total. The molecule has 4 rings (SSSR count). The number of carbonyl (C=O) groups excluding carboxylic acids is 1. The van der Waals surface area contributed by atoms with Crippen molar-refractivity contribution < 1.29 is 9.53 Å². The maximum absolute atomic E-state index is 12.4. The average Bonchev–Trinajstić information content (AvgIpc) is 2.76. The van der Waals surface area contributed by atoms with Gasteiger partial charge in [-0.05, 0) is 29.8 Å². The van der Waals surface area contributed by atoms with E-state index in [4.69, 9.17) is 4.74 Å². The molecule has 0 radical (unpaired) electrons. The van der Waals surface area contributed by atoms with Gasteiger partial charge in [0.25, 0.3) is 5.91 Å². The smallest absolute Gasteiger partial charge is 0.251 e. The lowest BCUT2D eigenvalue weighted by Gasteiger charge is -2.28. The number of ether oxygens (including phenoxy) is 1. The highest BCUT2D eigenvalue weighted by molar-refractivity contribution is 5.98. The molecule has 1 amide bonds. The first-order valence-corrected chi connectivity index (χ1v) is 9.88. The van der Waals surface area contributed by atoms with Crippen LogP contribution in [0.1, 0.15) is 16.1 Å². The van der Waals surface area contributed by atoms with Crippen molar-refractivity contribution in [1.29, 1.82) is 0 Å². The predicted octanol–water partition coefficient (Wildman–Crippen LogP) is 2.62. The second kappa shape index (κ2) is 8.87. The third kappa shape index (κ3) is 4.81. The van der Waals surface area contributed by atoms with Crippen LogP contribution in [0.25, 0.3) is 10.8 Å². The van der Waals surface area contributed by atoms with Gasteiger partial charge in [0.15, 0.2) is 0 Å². The number of aryl methyl sites for hydroxylation is 1. The summed E-state index contributed by atoms with van der Waals surface area (Å²) >= 11 is 0.